The predicted molar refractivity (Wildman–Crippen MR) is 134 cm³/mol. The Kier molecular flexibility index (Phi) is 6.25. The lowest BCUT2D eigenvalue weighted by molar-refractivity contribution is -0.140. The molecule has 0 saturated carbocycles. The largest absolute Gasteiger partial charge is 0.507 e. The van der Waals surface area contributed by atoms with Crippen molar-refractivity contribution in [1.29, 1.82) is 0 Å². The summed E-state index contributed by atoms with van der Waals surface area (Å²) in [5.74, 6) is -0.340. The van der Waals surface area contributed by atoms with E-state index >= 15 is 0 Å². The summed E-state index contributed by atoms with van der Waals surface area (Å²) in [5.41, 5.74) is 1.84. The van der Waals surface area contributed by atoms with Crippen LogP contribution in [0.1, 0.15) is 36.8 Å². The first-order valence-corrected chi connectivity index (χ1v) is 11.8. The number of carbonyl (C=O) groups excluding carboxylic acids is 2. The van der Waals surface area contributed by atoms with Crippen LogP contribution >= 0.6 is 0 Å². The predicted octanol–water partition coefficient (Wildman–Crippen LogP) is 5.18. The number of aliphatic hydroxyl groups excluding tert-OH is 1. The maximum atomic E-state index is 13.4. The number of furan rings is 1. The Labute approximate surface area is 207 Å². The lowest BCUT2D eigenvalue weighted by atomic mass is 9.94. The monoisotopic (exact) mass is 486 g/mol. The van der Waals surface area contributed by atoms with Crippen LogP contribution in [0, 0.1) is 0 Å². The lowest BCUT2D eigenvalue weighted by Gasteiger charge is -2.24. The molecule has 5 rings (SSSR count). The number of ketones is 1. The molecule has 1 fully saturated rings. The van der Waals surface area contributed by atoms with E-state index in [9.17, 15) is 14.7 Å². The highest BCUT2D eigenvalue weighted by Crippen LogP contribution is 2.44. The highest BCUT2D eigenvalue weighted by atomic mass is 16.5. The molecule has 2 aromatic carbocycles. The first kappa shape index (κ1) is 23.3. The molecule has 0 aliphatic carbocycles. The third-order valence-corrected chi connectivity index (χ3v) is 6.18. The van der Waals surface area contributed by atoms with Crippen LogP contribution in [0.15, 0.2) is 77.0 Å². The summed E-state index contributed by atoms with van der Waals surface area (Å²) >= 11 is 0. The van der Waals surface area contributed by atoms with Gasteiger partial charge in [0.2, 0.25) is 0 Å². The molecule has 4 aromatic rings. The molecule has 0 bridgehead atoms. The molecule has 2 N–H and O–H groups in total. The molecule has 36 heavy (non-hydrogen) atoms. The molecule has 0 radical (unpaired) electrons. The van der Waals surface area contributed by atoms with Gasteiger partial charge in [0.1, 0.15) is 23.0 Å². The van der Waals surface area contributed by atoms with Crippen molar-refractivity contribution >= 4 is 28.4 Å². The topological polar surface area (TPSA) is 105 Å². The number of aromatic amines is 1. The molecular formula is C28H26N2O6. The van der Waals surface area contributed by atoms with Gasteiger partial charge in [0, 0.05) is 28.7 Å². The van der Waals surface area contributed by atoms with E-state index in [1.165, 1.54) is 11.2 Å². The fourth-order valence-electron chi connectivity index (χ4n) is 4.63. The van der Waals surface area contributed by atoms with E-state index in [0.717, 1.165) is 10.9 Å². The zero-order chi connectivity index (χ0) is 25.2. The van der Waals surface area contributed by atoms with Crippen molar-refractivity contribution in [3.63, 3.8) is 0 Å². The number of likely N-dealkylation sites (tertiary alicyclic amines) is 1. The Hall–Kier alpha value is -4.46. The highest BCUT2D eigenvalue weighted by molar-refractivity contribution is 6.46. The zero-order valence-electron chi connectivity index (χ0n) is 20.0. The normalized spacial score (nSPS) is 17.2. The average Bonchev–Trinajstić information content (AvgIpc) is 3.60. The number of benzene rings is 2. The minimum Gasteiger partial charge on any atom is -0.507 e. The molecule has 8 heteroatoms. The first-order valence-electron chi connectivity index (χ1n) is 11.8. The number of hydrogen-bond donors (Lipinski definition) is 2. The van der Waals surface area contributed by atoms with Crippen molar-refractivity contribution in [3.8, 4) is 11.5 Å². The van der Waals surface area contributed by atoms with Crippen LogP contribution in [0.5, 0.6) is 11.5 Å². The fraction of sp³-hybridized carbons (Fsp3) is 0.214. The van der Waals surface area contributed by atoms with Gasteiger partial charge in [-0.25, -0.2) is 0 Å². The highest BCUT2D eigenvalue weighted by Gasteiger charge is 2.47. The Bertz CT molecular complexity index is 1450. The molecule has 1 atom stereocenters. The van der Waals surface area contributed by atoms with E-state index in [4.69, 9.17) is 13.9 Å². The van der Waals surface area contributed by atoms with Gasteiger partial charge in [0.05, 0.1) is 43.2 Å². The van der Waals surface area contributed by atoms with E-state index in [1.54, 1.807) is 36.5 Å². The molecule has 1 aliphatic heterocycles. The van der Waals surface area contributed by atoms with E-state index in [1.807, 2.05) is 38.1 Å². The van der Waals surface area contributed by atoms with Gasteiger partial charge in [0.25, 0.3) is 11.7 Å². The van der Waals surface area contributed by atoms with E-state index in [0.29, 0.717) is 41.6 Å². The second-order valence-electron chi connectivity index (χ2n) is 8.32. The summed E-state index contributed by atoms with van der Waals surface area (Å²) in [6, 6.07) is 15.2. The number of ether oxygens (including phenoxy) is 2. The molecule has 184 valence electrons. The average molecular weight is 487 g/mol. The Balaban J connectivity index is 1.70. The molecule has 1 amide bonds. The van der Waals surface area contributed by atoms with Gasteiger partial charge < -0.3 is 28.9 Å². The lowest BCUT2D eigenvalue weighted by Crippen LogP contribution is -2.29. The van der Waals surface area contributed by atoms with Crippen molar-refractivity contribution in [2.24, 2.45) is 0 Å². The van der Waals surface area contributed by atoms with Crippen LogP contribution in [0.4, 0.5) is 0 Å². The quantitative estimate of drug-likeness (QED) is 0.202. The number of hydrogen-bond acceptors (Lipinski definition) is 6. The second kappa shape index (κ2) is 9.65. The van der Waals surface area contributed by atoms with Crippen LogP contribution in [-0.4, -0.2) is 39.9 Å². The van der Waals surface area contributed by atoms with Gasteiger partial charge in [-0.15, -0.1) is 0 Å². The summed E-state index contributed by atoms with van der Waals surface area (Å²) in [4.78, 5) is 31.4. The van der Waals surface area contributed by atoms with Crippen LogP contribution in [0.3, 0.4) is 0 Å². The summed E-state index contributed by atoms with van der Waals surface area (Å²) in [5, 5.41) is 12.4. The Morgan fingerprint density at radius 1 is 1.06 bits per heavy atom. The minimum absolute atomic E-state index is 0.0126. The number of aliphatic hydroxyl groups is 1. The summed E-state index contributed by atoms with van der Waals surface area (Å²) in [6.07, 6.45) is 3.28. The number of para-hydroxylation sites is 1. The van der Waals surface area contributed by atoms with Gasteiger partial charge in [-0.05, 0) is 44.2 Å². The number of Topliss-reactive ketones (excluding diaryl/α,β-unsaturated/α-hetero) is 1. The van der Waals surface area contributed by atoms with Crippen LogP contribution in [0.25, 0.3) is 16.7 Å². The van der Waals surface area contributed by atoms with Gasteiger partial charge in [-0.2, -0.15) is 0 Å². The van der Waals surface area contributed by atoms with Gasteiger partial charge >= 0.3 is 0 Å². The molecular weight excluding hydrogens is 460 g/mol. The zero-order valence-corrected chi connectivity index (χ0v) is 20.0. The number of aromatic nitrogens is 1. The molecule has 3 heterocycles. The second-order valence-corrected chi connectivity index (χ2v) is 8.32. The van der Waals surface area contributed by atoms with E-state index < -0.39 is 17.7 Å². The van der Waals surface area contributed by atoms with Gasteiger partial charge in [-0.3, -0.25) is 9.59 Å². The third kappa shape index (κ3) is 4.00. The number of amides is 1. The van der Waals surface area contributed by atoms with Crippen LogP contribution < -0.4 is 9.47 Å². The molecule has 1 saturated heterocycles. The summed E-state index contributed by atoms with van der Waals surface area (Å²) < 4.78 is 16.8. The van der Waals surface area contributed by atoms with Crippen molar-refractivity contribution in [3.05, 3.63) is 89.5 Å². The number of rotatable bonds is 8. The van der Waals surface area contributed by atoms with Crippen LogP contribution in [-0.2, 0) is 16.1 Å². The molecule has 2 aromatic heterocycles. The first-order chi connectivity index (χ1) is 17.5. The third-order valence-electron chi connectivity index (χ3n) is 6.18. The molecule has 8 nitrogen and oxygen atoms in total. The van der Waals surface area contributed by atoms with Crippen LogP contribution in [0.2, 0.25) is 0 Å². The maximum Gasteiger partial charge on any atom is 0.296 e. The molecule has 0 spiro atoms. The summed E-state index contributed by atoms with van der Waals surface area (Å²) in [7, 11) is 0. The Morgan fingerprint density at radius 3 is 2.61 bits per heavy atom. The fourth-order valence-corrected chi connectivity index (χ4v) is 4.63. The molecule has 1 aliphatic rings. The number of H-pyrrole nitrogens is 1. The van der Waals surface area contributed by atoms with Gasteiger partial charge in [-0.1, -0.05) is 18.2 Å². The summed E-state index contributed by atoms with van der Waals surface area (Å²) in [6.45, 7) is 4.57. The number of fused-ring (bicyclic) bond motifs is 1. The van der Waals surface area contributed by atoms with Crippen molar-refractivity contribution in [2.45, 2.75) is 26.4 Å². The number of nitrogens with zero attached hydrogens (tertiary/aromatic N) is 1. The van der Waals surface area contributed by atoms with Crippen molar-refractivity contribution < 1.29 is 28.6 Å². The number of nitrogens with one attached hydrogen (secondary N) is 1. The molecule has 1 unspecified atom stereocenters. The standard InChI is InChI=1S/C28H26N2O6/c1-3-34-17-11-12-20(23(14-17)35-4-2)26(31)24-25(21-15-29-22-10-6-5-9-19(21)22)30(28(33)27(24)32)16-18-8-7-13-36-18/h5-15,25,29,31H,3-4,16H2,1-2H3/b26-24+. The van der Waals surface area contributed by atoms with Gasteiger partial charge in [0.15, 0.2) is 0 Å². The maximum absolute atomic E-state index is 13.4. The smallest absolute Gasteiger partial charge is 0.296 e. The van der Waals surface area contributed by atoms with Crippen molar-refractivity contribution in [1.82, 2.24) is 9.88 Å². The minimum atomic E-state index is -0.840. The number of carbonyl (C=O) groups is 2. The van der Waals surface area contributed by atoms with Crippen molar-refractivity contribution in [2.75, 3.05) is 13.2 Å². The SMILES string of the molecule is CCOc1ccc(/C(O)=C2\C(=O)C(=O)N(Cc3ccco3)C2c2c[nH]c3ccccc23)c(OCC)c1. The van der Waals surface area contributed by atoms with E-state index in [-0.39, 0.29) is 17.9 Å². The Morgan fingerprint density at radius 2 is 1.86 bits per heavy atom. The van der Waals surface area contributed by atoms with E-state index in [2.05, 4.69) is 4.98 Å².